The number of nitrogens with zero attached hydrogens (tertiary/aromatic N) is 2. The molecule has 0 fully saturated rings. The SMILES string of the molecule is Cn1c(=O)c(OCC(=O)O)cc2cc([N+](=O)[O-])ccc21. The maximum atomic E-state index is 11.9. The average Bonchev–Trinajstić information content (AvgIpc) is 2.40. The van der Waals surface area contributed by atoms with Crippen molar-refractivity contribution in [2.75, 3.05) is 6.61 Å². The number of aryl methyl sites for hydroxylation is 1. The molecule has 0 amide bonds. The van der Waals surface area contributed by atoms with Gasteiger partial charge in [-0.3, -0.25) is 14.9 Å². The first-order chi connectivity index (χ1) is 9.40. The number of nitro groups is 1. The summed E-state index contributed by atoms with van der Waals surface area (Å²) in [5.41, 5.74) is -0.142. The maximum Gasteiger partial charge on any atom is 0.341 e. The van der Waals surface area contributed by atoms with Gasteiger partial charge in [0.2, 0.25) is 0 Å². The molecule has 1 heterocycles. The number of carboxylic acids is 1. The first-order valence-corrected chi connectivity index (χ1v) is 5.53. The van der Waals surface area contributed by atoms with Crippen molar-refractivity contribution in [1.82, 2.24) is 4.57 Å². The second-order valence-electron chi connectivity index (χ2n) is 4.06. The number of benzene rings is 1. The molecule has 104 valence electrons. The van der Waals surface area contributed by atoms with Crippen molar-refractivity contribution in [1.29, 1.82) is 0 Å². The highest BCUT2D eigenvalue weighted by Gasteiger charge is 2.12. The first-order valence-electron chi connectivity index (χ1n) is 5.53. The molecule has 1 N–H and O–H groups in total. The van der Waals surface area contributed by atoms with Crippen molar-refractivity contribution >= 4 is 22.6 Å². The summed E-state index contributed by atoms with van der Waals surface area (Å²) >= 11 is 0. The van der Waals surface area contributed by atoms with Gasteiger partial charge in [-0.15, -0.1) is 0 Å². The zero-order valence-electron chi connectivity index (χ0n) is 10.4. The lowest BCUT2D eigenvalue weighted by atomic mass is 10.2. The van der Waals surface area contributed by atoms with Crippen LogP contribution in [0.25, 0.3) is 10.9 Å². The molecule has 0 radical (unpaired) electrons. The second kappa shape index (κ2) is 5.00. The van der Waals surface area contributed by atoms with E-state index in [4.69, 9.17) is 9.84 Å². The van der Waals surface area contributed by atoms with Crippen LogP contribution < -0.4 is 10.3 Å². The number of rotatable bonds is 4. The largest absolute Gasteiger partial charge is 0.479 e. The number of aromatic nitrogens is 1. The summed E-state index contributed by atoms with van der Waals surface area (Å²) in [5, 5.41) is 19.7. The van der Waals surface area contributed by atoms with E-state index < -0.39 is 23.1 Å². The van der Waals surface area contributed by atoms with Gasteiger partial charge < -0.3 is 14.4 Å². The van der Waals surface area contributed by atoms with Crippen LogP contribution in [0.1, 0.15) is 0 Å². The van der Waals surface area contributed by atoms with Gasteiger partial charge >= 0.3 is 5.97 Å². The predicted octanol–water partition coefficient (Wildman–Crippen LogP) is 0.910. The lowest BCUT2D eigenvalue weighted by Crippen LogP contribution is -2.21. The van der Waals surface area contributed by atoms with Crippen LogP contribution in [0.3, 0.4) is 0 Å². The van der Waals surface area contributed by atoms with Crippen molar-refractivity contribution in [3.63, 3.8) is 0 Å². The van der Waals surface area contributed by atoms with Crippen LogP contribution in [0.5, 0.6) is 5.75 Å². The highest BCUT2D eigenvalue weighted by atomic mass is 16.6. The van der Waals surface area contributed by atoms with Gasteiger partial charge in [-0.2, -0.15) is 0 Å². The summed E-state index contributed by atoms with van der Waals surface area (Å²) < 4.78 is 6.13. The smallest absolute Gasteiger partial charge is 0.341 e. The highest BCUT2D eigenvalue weighted by molar-refractivity contribution is 5.82. The fourth-order valence-electron chi connectivity index (χ4n) is 1.80. The summed E-state index contributed by atoms with van der Waals surface area (Å²) in [6, 6.07) is 5.34. The Balaban J connectivity index is 2.60. The molecule has 0 unspecified atom stereocenters. The minimum Gasteiger partial charge on any atom is -0.479 e. The van der Waals surface area contributed by atoms with Crippen molar-refractivity contribution in [2.24, 2.45) is 7.05 Å². The van der Waals surface area contributed by atoms with Gasteiger partial charge in [0.25, 0.3) is 11.2 Å². The van der Waals surface area contributed by atoms with E-state index in [1.165, 1.54) is 35.9 Å². The minimum atomic E-state index is -1.22. The van der Waals surface area contributed by atoms with Gasteiger partial charge in [-0.05, 0) is 12.1 Å². The number of pyridine rings is 1. The summed E-state index contributed by atoms with van der Waals surface area (Å²) in [5.74, 6) is -1.38. The van der Waals surface area contributed by atoms with Crippen LogP contribution in [0, 0.1) is 10.1 Å². The molecule has 0 saturated carbocycles. The lowest BCUT2D eigenvalue weighted by molar-refractivity contribution is -0.384. The maximum absolute atomic E-state index is 11.9. The number of hydrogen-bond acceptors (Lipinski definition) is 5. The zero-order chi connectivity index (χ0) is 14.9. The number of fused-ring (bicyclic) bond motifs is 1. The third-order valence-electron chi connectivity index (χ3n) is 2.74. The summed E-state index contributed by atoms with van der Waals surface area (Å²) in [6.07, 6.45) is 0. The molecule has 8 heteroatoms. The molecule has 0 aliphatic heterocycles. The van der Waals surface area contributed by atoms with Crippen LogP contribution >= 0.6 is 0 Å². The Morgan fingerprint density at radius 2 is 2.15 bits per heavy atom. The predicted molar refractivity (Wildman–Crippen MR) is 69.0 cm³/mol. The third kappa shape index (κ3) is 2.44. The summed E-state index contributed by atoms with van der Waals surface area (Å²) in [7, 11) is 1.48. The van der Waals surface area contributed by atoms with Crippen LogP contribution in [-0.4, -0.2) is 27.2 Å². The standard InChI is InChI=1S/C12H10N2O6/c1-13-9-3-2-8(14(18)19)4-7(9)5-10(12(13)17)20-6-11(15)16/h2-5H,6H2,1H3,(H,15,16). The van der Waals surface area contributed by atoms with Gasteiger partial charge in [-0.25, -0.2) is 4.79 Å². The topological polar surface area (TPSA) is 112 Å². The van der Waals surface area contributed by atoms with E-state index in [9.17, 15) is 19.7 Å². The quantitative estimate of drug-likeness (QED) is 0.657. The number of carboxylic acid groups (broad SMARTS) is 1. The van der Waals surface area contributed by atoms with E-state index in [1.54, 1.807) is 0 Å². The fraction of sp³-hybridized carbons (Fsp3) is 0.167. The number of carbonyl (C=O) groups is 1. The molecule has 8 nitrogen and oxygen atoms in total. The Kier molecular flexibility index (Phi) is 3.38. The molecule has 0 aliphatic rings. The molecule has 0 saturated heterocycles. The van der Waals surface area contributed by atoms with Crippen molar-refractivity contribution in [3.05, 3.63) is 44.7 Å². The first kappa shape index (κ1) is 13.5. The zero-order valence-corrected chi connectivity index (χ0v) is 10.4. The Morgan fingerprint density at radius 3 is 2.75 bits per heavy atom. The van der Waals surface area contributed by atoms with Gasteiger partial charge in [0, 0.05) is 24.6 Å². The Labute approximate surface area is 112 Å². The van der Waals surface area contributed by atoms with E-state index in [-0.39, 0.29) is 11.4 Å². The minimum absolute atomic E-state index is 0.125. The summed E-state index contributed by atoms with van der Waals surface area (Å²) in [4.78, 5) is 32.5. The van der Waals surface area contributed by atoms with Gasteiger partial charge in [0.05, 0.1) is 10.4 Å². The fourth-order valence-corrected chi connectivity index (χ4v) is 1.80. The van der Waals surface area contributed by atoms with Crippen molar-refractivity contribution in [2.45, 2.75) is 0 Å². The van der Waals surface area contributed by atoms with E-state index in [2.05, 4.69) is 0 Å². The number of ether oxygens (including phenoxy) is 1. The molecule has 1 aromatic carbocycles. The average molecular weight is 278 g/mol. The molecule has 2 rings (SSSR count). The van der Waals surface area contributed by atoms with E-state index >= 15 is 0 Å². The molecule has 1 aromatic heterocycles. The Hall–Kier alpha value is -2.90. The molecule has 0 spiro atoms. The second-order valence-corrected chi connectivity index (χ2v) is 4.06. The third-order valence-corrected chi connectivity index (χ3v) is 2.74. The Morgan fingerprint density at radius 1 is 1.45 bits per heavy atom. The molecule has 20 heavy (non-hydrogen) atoms. The van der Waals surface area contributed by atoms with E-state index in [1.807, 2.05) is 0 Å². The molecular weight excluding hydrogens is 268 g/mol. The lowest BCUT2D eigenvalue weighted by Gasteiger charge is -2.08. The highest BCUT2D eigenvalue weighted by Crippen LogP contribution is 2.22. The van der Waals surface area contributed by atoms with Crippen molar-refractivity contribution in [3.8, 4) is 5.75 Å². The van der Waals surface area contributed by atoms with Gasteiger partial charge in [0.15, 0.2) is 12.4 Å². The number of hydrogen-bond donors (Lipinski definition) is 1. The molecule has 2 aromatic rings. The number of aliphatic carboxylic acids is 1. The van der Waals surface area contributed by atoms with E-state index in [0.29, 0.717) is 10.9 Å². The van der Waals surface area contributed by atoms with Crippen LogP contribution in [0.15, 0.2) is 29.1 Å². The van der Waals surface area contributed by atoms with E-state index in [0.717, 1.165) is 0 Å². The molecular formula is C12H10N2O6. The summed E-state index contributed by atoms with van der Waals surface area (Å²) in [6.45, 7) is -0.657. The molecule has 0 atom stereocenters. The van der Waals surface area contributed by atoms with Gasteiger partial charge in [0.1, 0.15) is 0 Å². The van der Waals surface area contributed by atoms with Crippen LogP contribution in [-0.2, 0) is 11.8 Å². The number of non-ortho nitro benzene ring substituents is 1. The normalized spacial score (nSPS) is 10.4. The number of nitro benzene ring substituents is 1. The molecule has 0 bridgehead atoms. The Bertz CT molecular complexity index is 764. The molecule has 0 aliphatic carbocycles. The monoisotopic (exact) mass is 278 g/mol. The van der Waals surface area contributed by atoms with Crippen LogP contribution in [0.2, 0.25) is 0 Å². The van der Waals surface area contributed by atoms with Crippen molar-refractivity contribution < 1.29 is 19.6 Å². The van der Waals surface area contributed by atoms with Crippen LogP contribution in [0.4, 0.5) is 5.69 Å². The van der Waals surface area contributed by atoms with Gasteiger partial charge in [-0.1, -0.05) is 0 Å².